The molecular formula is C22H22FN5OS. The smallest absolute Gasteiger partial charge is 0.314 e. The number of thiazole rings is 1. The van der Waals surface area contributed by atoms with Gasteiger partial charge in [-0.25, -0.2) is 13.7 Å². The number of hydrogen-bond donors (Lipinski definition) is 2. The molecule has 0 unspecified atom stereocenters. The normalized spacial score (nSPS) is 11.0. The molecule has 0 aliphatic rings. The minimum absolute atomic E-state index is 0.180. The number of hydrogen-bond acceptors (Lipinski definition) is 4. The lowest BCUT2D eigenvalue weighted by Gasteiger charge is -2.07. The van der Waals surface area contributed by atoms with E-state index in [0.29, 0.717) is 35.9 Å². The van der Waals surface area contributed by atoms with Crippen molar-refractivity contribution in [2.75, 3.05) is 13.1 Å². The van der Waals surface area contributed by atoms with Crippen molar-refractivity contribution < 1.29 is 9.18 Å². The summed E-state index contributed by atoms with van der Waals surface area (Å²) >= 11 is 1.45. The fourth-order valence-electron chi connectivity index (χ4n) is 3.16. The molecule has 4 rings (SSSR count). The van der Waals surface area contributed by atoms with Crippen LogP contribution >= 0.6 is 11.3 Å². The summed E-state index contributed by atoms with van der Waals surface area (Å²) in [5.74, 6) is 0.0215. The highest BCUT2D eigenvalue weighted by Crippen LogP contribution is 2.23. The van der Waals surface area contributed by atoms with Crippen molar-refractivity contribution >= 4 is 22.3 Å². The Balaban J connectivity index is 1.25. The van der Waals surface area contributed by atoms with Gasteiger partial charge in [0.15, 0.2) is 5.82 Å². The predicted molar refractivity (Wildman–Crippen MR) is 116 cm³/mol. The number of fused-ring (bicyclic) bond motifs is 1. The van der Waals surface area contributed by atoms with E-state index in [-0.39, 0.29) is 11.8 Å². The predicted octanol–water partition coefficient (Wildman–Crippen LogP) is 4.07. The van der Waals surface area contributed by atoms with Crippen LogP contribution in [0.2, 0.25) is 0 Å². The van der Waals surface area contributed by atoms with Gasteiger partial charge in [-0.15, -0.1) is 16.4 Å². The highest BCUT2D eigenvalue weighted by Gasteiger charge is 2.14. The van der Waals surface area contributed by atoms with Crippen molar-refractivity contribution in [1.82, 2.24) is 25.2 Å². The third-order valence-corrected chi connectivity index (χ3v) is 5.57. The maximum Gasteiger partial charge on any atom is 0.314 e. The van der Waals surface area contributed by atoms with E-state index >= 15 is 0 Å². The lowest BCUT2D eigenvalue weighted by molar-refractivity contribution is 0.241. The Hall–Kier alpha value is -3.26. The molecule has 4 aromatic rings. The molecule has 2 heterocycles. The molecule has 0 aliphatic carbocycles. The summed E-state index contributed by atoms with van der Waals surface area (Å²) in [6.45, 7) is 1.10. The van der Waals surface area contributed by atoms with Gasteiger partial charge in [0, 0.05) is 24.9 Å². The number of aryl methyl sites for hydroxylation is 1. The molecule has 0 radical (unpaired) electrons. The number of nitrogens with zero attached hydrogens (tertiary/aromatic N) is 3. The molecule has 0 spiro atoms. The fourth-order valence-corrected chi connectivity index (χ4v) is 4.02. The Morgan fingerprint density at radius 1 is 1.00 bits per heavy atom. The second-order valence-electron chi connectivity index (χ2n) is 6.86. The fraction of sp³-hybridized carbons (Fsp3) is 0.227. The number of nitrogens with one attached hydrogen (secondary N) is 2. The van der Waals surface area contributed by atoms with E-state index in [1.807, 2.05) is 23.6 Å². The molecule has 0 saturated heterocycles. The number of rotatable bonds is 8. The van der Waals surface area contributed by atoms with Crippen molar-refractivity contribution in [3.63, 3.8) is 0 Å². The molecule has 0 bridgehead atoms. The largest absolute Gasteiger partial charge is 0.338 e. The van der Waals surface area contributed by atoms with Crippen molar-refractivity contribution in [3.05, 3.63) is 77.1 Å². The topological polar surface area (TPSA) is 71.3 Å². The Labute approximate surface area is 177 Å². The Kier molecular flexibility index (Phi) is 6.34. The van der Waals surface area contributed by atoms with E-state index in [4.69, 9.17) is 0 Å². The zero-order chi connectivity index (χ0) is 20.8. The number of benzene rings is 2. The third kappa shape index (κ3) is 4.83. The molecule has 0 atom stereocenters. The van der Waals surface area contributed by atoms with Gasteiger partial charge in [-0.1, -0.05) is 42.5 Å². The maximum absolute atomic E-state index is 14.0. The first-order valence-corrected chi connectivity index (χ1v) is 10.7. The number of carbonyl (C=O) groups is 1. The van der Waals surface area contributed by atoms with E-state index in [9.17, 15) is 9.18 Å². The lowest BCUT2D eigenvalue weighted by Crippen LogP contribution is -2.37. The Bertz CT molecular complexity index is 1120. The van der Waals surface area contributed by atoms with E-state index in [0.717, 1.165) is 18.5 Å². The molecular weight excluding hydrogens is 401 g/mol. The second-order valence-corrected chi connectivity index (χ2v) is 7.70. The summed E-state index contributed by atoms with van der Waals surface area (Å²) in [6.07, 6.45) is 2.43. The number of urea groups is 1. The summed E-state index contributed by atoms with van der Waals surface area (Å²) < 4.78 is 15.7. The van der Waals surface area contributed by atoms with Crippen molar-refractivity contribution in [2.24, 2.45) is 0 Å². The van der Waals surface area contributed by atoms with Crippen molar-refractivity contribution in [1.29, 1.82) is 0 Å². The van der Waals surface area contributed by atoms with Gasteiger partial charge >= 0.3 is 6.03 Å². The van der Waals surface area contributed by atoms with Gasteiger partial charge in [0.05, 0.1) is 11.3 Å². The van der Waals surface area contributed by atoms with Crippen LogP contribution in [0, 0.1) is 5.82 Å². The molecule has 30 heavy (non-hydrogen) atoms. The standard InChI is InChI=1S/C22H22FN5OS/c23-19-11-5-4-10-18(19)20-26-22-28(27-20)17(15-30-22)12-14-25-21(29)24-13-6-9-16-7-2-1-3-8-16/h1-5,7-8,10-11,15H,6,9,12-14H2,(H2,24,25,29). The summed E-state index contributed by atoms with van der Waals surface area (Å²) in [6, 6.07) is 16.5. The number of amides is 2. The lowest BCUT2D eigenvalue weighted by atomic mass is 10.1. The summed E-state index contributed by atoms with van der Waals surface area (Å²) in [5.41, 5.74) is 2.57. The van der Waals surface area contributed by atoms with Gasteiger partial charge in [-0.05, 0) is 30.5 Å². The van der Waals surface area contributed by atoms with Gasteiger partial charge in [0.25, 0.3) is 0 Å². The van der Waals surface area contributed by atoms with Crippen LogP contribution in [0.5, 0.6) is 0 Å². The van der Waals surface area contributed by atoms with Crippen LogP contribution in [0.1, 0.15) is 17.7 Å². The van der Waals surface area contributed by atoms with Crippen LogP contribution in [-0.4, -0.2) is 33.7 Å². The molecule has 154 valence electrons. The zero-order valence-corrected chi connectivity index (χ0v) is 17.2. The molecule has 2 aromatic carbocycles. The van der Waals surface area contributed by atoms with Crippen LogP contribution < -0.4 is 10.6 Å². The average Bonchev–Trinajstić information content (AvgIpc) is 3.34. The maximum atomic E-state index is 14.0. The van der Waals surface area contributed by atoms with Gasteiger partial charge in [-0.3, -0.25) is 0 Å². The van der Waals surface area contributed by atoms with Gasteiger partial charge < -0.3 is 10.6 Å². The first-order valence-electron chi connectivity index (χ1n) is 9.84. The van der Waals surface area contributed by atoms with Crippen LogP contribution in [0.4, 0.5) is 9.18 Å². The van der Waals surface area contributed by atoms with E-state index in [2.05, 4.69) is 32.8 Å². The summed E-state index contributed by atoms with van der Waals surface area (Å²) in [7, 11) is 0. The van der Waals surface area contributed by atoms with Crippen LogP contribution in [0.25, 0.3) is 16.3 Å². The average molecular weight is 424 g/mol. The van der Waals surface area contributed by atoms with E-state index in [1.54, 1.807) is 22.7 Å². The monoisotopic (exact) mass is 423 g/mol. The molecule has 8 heteroatoms. The first kappa shape index (κ1) is 20.0. The van der Waals surface area contributed by atoms with E-state index in [1.165, 1.54) is 23.0 Å². The number of halogens is 1. The Morgan fingerprint density at radius 3 is 2.60 bits per heavy atom. The quantitative estimate of drug-likeness (QED) is 0.420. The molecule has 2 N–H and O–H groups in total. The summed E-state index contributed by atoms with van der Waals surface area (Å²) in [4.78, 5) is 17.1. The summed E-state index contributed by atoms with van der Waals surface area (Å²) in [5, 5.41) is 12.1. The third-order valence-electron chi connectivity index (χ3n) is 4.70. The molecule has 6 nitrogen and oxygen atoms in total. The highest BCUT2D eigenvalue weighted by atomic mass is 32.1. The molecule has 0 saturated carbocycles. The zero-order valence-electron chi connectivity index (χ0n) is 16.3. The minimum Gasteiger partial charge on any atom is -0.338 e. The molecule has 0 aliphatic heterocycles. The second kappa shape index (κ2) is 9.49. The van der Waals surface area contributed by atoms with Crippen LogP contribution in [-0.2, 0) is 12.8 Å². The van der Waals surface area contributed by atoms with Crippen LogP contribution in [0.3, 0.4) is 0 Å². The molecule has 2 aromatic heterocycles. The first-order chi connectivity index (χ1) is 14.7. The SMILES string of the molecule is O=C(NCCCc1ccccc1)NCCc1csc2nc(-c3ccccc3F)nn12. The minimum atomic E-state index is -0.345. The van der Waals surface area contributed by atoms with Gasteiger partial charge in [-0.2, -0.15) is 4.98 Å². The van der Waals surface area contributed by atoms with Gasteiger partial charge in [0.1, 0.15) is 5.82 Å². The van der Waals surface area contributed by atoms with Crippen molar-refractivity contribution in [2.45, 2.75) is 19.3 Å². The number of aromatic nitrogens is 3. The number of carbonyl (C=O) groups excluding carboxylic acids is 1. The molecule has 0 fully saturated rings. The Morgan fingerprint density at radius 2 is 1.77 bits per heavy atom. The van der Waals surface area contributed by atoms with Crippen LogP contribution in [0.15, 0.2) is 60.0 Å². The highest BCUT2D eigenvalue weighted by molar-refractivity contribution is 7.15. The van der Waals surface area contributed by atoms with Crippen molar-refractivity contribution in [3.8, 4) is 11.4 Å². The van der Waals surface area contributed by atoms with Gasteiger partial charge in [0.2, 0.25) is 4.96 Å². The molecule has 2 amide bonds. The van der Waals surface area contributed by atoms with E-state index < -0.39 is 0 Å².